The summed E-state index contributed by atoms with van der Waals surface area (Å²) < 4.78 is 43.8. The lowest BCUT2D eigenvalue weighted by molar-refractivity contribution is -0.384. The summed E-state index contributed by atoms with van der Waals surface area (Å²) in [7, 11) is -4.45. The second-order valence-electron chi connectivity index (χ2n) is 11.7. The molecule has 0 unspecified atom stereocenters. The first-order valence-corrected chi connectivity index (χ1v) is 15.9. The van der Waals surface area contributed by atoms with Gasteiger partial charge in [-0.2, -0.15) is 0 Å². The molecule has 0 saturated heterocycles. The van der Waals surface area contributed by atoms with Crippen LogP contribution < -0.4 is 9.62 Å². The van der Waals surface area contributed by atoms with Crippen LogP contribution in [0.2, 0.25) is 0 Å². The standard InChI is InChI=1S/C34H35FN4O6S/c1-34(2,3)36-33(41)31(21-25-13-6-4-7-14-25)37(23-26-15-10-11-20-30(26)35)32(40)24-38(27-16-12-17-28(22-27)39(42)43)46(44,45)29-18-8-5-9-19-29/h4-20,22,31H,21,23-24H2,1-3H3,(H,36,41)/t31-/m1/s1. The minimum atomic E-state index is -4.45. The van der Waals surface area contributed by atoms with E-state index in [9.17, 15) is 28.1 Å². The van der Waals surface area contributed by atoms with Crippen molar-refractivity contribution in [2.24, 2.45) is 0 Å². The summed E-state index contributed by atoms with van der Waals surface area (Å²) in [5.41, 5.74) is -0.366. The van der Waals surface area contributed by atoms with Gasteiger partial charge in [0.2, 0.25) is 11.8 Å². The highest BCUT2D eigenvalue weighted by molar-refractivity contribution is 7.92. The Labute approximate surface area is 267 Å². The highest BCUT2D eigenvalue weighted by Gasteiger charge is 2.36. The third kappa shape index (κ3) is 8.54. The number of nitro groups is 1. The molecule has 0 heterocycles. The molecule has 0 aliphatic heterocycles. The maximum absolute atomic E-state index is 15.0. The first-order chi connectivity index (χ1) is 21.8. The van der Waals surface area contributed by atoms with Crippen molar-refractivity contribution in [2.75, 3.05) is 10.8 Å². The van der Waals surface area contributed by atoms with Crippen LogP contribution in [0.25, 0.3) is 0 Å². The molecule has 0 aliphatic rings. The molecule has 0 aromatic heterocycles. The lowest BCUT2D eigenvalue weighted by Crippen LogP contribution is -2.56. The summed E-state index contributed by atoms with van der Waals surface area (Å²) in [6, 6.07) is 25.8. The van der Waals surface area contributed by atoms with Gasteiger partial charge in [-0.05, 0) is 50.6 Å². The number of nitrogens with zero attached hydrogens (tertiary/aromatic N) is 3. The second kappa shape index (κ2) is 14.3. The molecule has 1 N–H and O–H groups in total. The fraction of sp³-hybridized carbons (Fsp3) is 0.235. The van der Waals surface area contributed by atoms with Gasteiger partial charge in [0.1, 0.15) is 18.4 Å². The fourth-order valence-corrected chi connectivity index (χ4v) is 6.25. The number of non-ortho nitro benzene ring substituents is 1. The van der Waals surface area contributed by atoms with Crippen molar-refractivity contribution in [2.45, 2.75) is 50.2 Å². The van der Waals surface area contributed by atoms with Gasteiger partial charge in [-0.15, -0.1) is 0 Å². The van der Waals surface area contributed by atoms with Crippen LogP contribution in [0, 0.1) is 15.9 Å². The Kier molecular flexibility index (Phi) is 10.5. The molecule has 12 heteroatoms. The van der Waals surface area contributed by atoms with Gasteiger partial charge >= 0.3 is 0 Å². The second-order valence-corrected chi connectivity index (χ2v) is 13.5. The van der Waals surface area contributed by atoms with Gasteiger partial charge in [0.15, 0.2) is 0 Å². The molecule has 0 aliphatic carbocycles. The van der Waals surface area contributed by atoms with Crippen LogP contribution in [0.4, 0.5) is 15.8 Å². The Balaban J connectivity index is 1.85. The molecular weight excluding hydrogens is 611 g/mol. The largest absolute Gasteiger partial charge is 0.350 e. The van der Waals surface area contributed by atoms with Gasteiger partial charge in [0, 0.05) is 36.2 Å². The van der Waals surface area contributed by atoms with Crippen LogP contribution in [0.15, 0.2) is 114 Å². The van der Waals surface area contributed by atoms with E-state index in [2.05, 4.69) is 5.32 Å². The summed E-state index contributed by atoms with van der Waals surface area (Å²) in [5.74, 6) is -1.95. The van der Waals surface area contributed by atoms with Crippen molar-refractivity contribution < 1.29 is 27.3 Å². The Morgan fingerprint density at radius 1 is 0.891 bits per heavy atom. The van der Waals surface area contributed by atoms with Crippen molar-refractivity contribution in [1.29, 1.82) is 0 Å². The number of hydrogen-bond donors (Lipinski definition) is 1. The summed E-state index contributed by atoms with van der Waals surface area (Å²) in [4.78, 5) is 40.2. The first-order valence-electron chi connectivity index (χ1n) is 14.5. The zero-order chi connectivity index (χ0) is 33.5. The molecule has 46 heavy (non-hydrogen) atoms. The van der Waals surface area contributed by atoms with Crippen LogP contribution in [0.5, 0.6) is 0 Å². The first kappa shape index (κ1) is 33.8. The zero-order valence-electron chi connectivity index (χ0n) is 25.7. The average molecular weight is 647 g/mol. The normalized spacial score (nSPS) is 12.2. The fourth-order valence-electron chi connectivity index (χ4n) is 4.83. The van der Waals surface area contributed by atoms with E-state index in [1.165, 1.54) is 60.7 Å². The molecule has 10 nitrogen and oxygen atoms in total. The van der Waals surface area contributed by atoms with Crippen LogP contribution in [-0.4, -0.2) is 48.2 Å². The highest BCUT2D eigenvalue weighted by Crippen LogP contribution is 2.28. The van der Waals surface area contributed by atoms with E-state index >= 15 is 4.39 Å². The molecule has 240 valence electrons. The number of hydrogen-bond acceptors (Lipinski definition) is 6. The summed E-state index contributed by atoms with van der Waals surface area (Å²) in [6.07, 6.45) is 0.0468. The molecule has 0 spiro atoms. The third-order valence-electron chi connectivity index (χ3n) is 7.01. The minimum absolute atomic E-state index is 0.0468. The Morgan fingerprint density at radius 2 is 1.50 bits per heavy atom. The van der Waals surface area contributed by atoms with Crippen LogP contribution in [0.3, 0.4) is 0 Å². The van der Waals surface area contributed by atoms with Crippen LogP contribution in [0.1, 0.15) is 31.9 Å². The molecule has 0 saturated carbocycles. The topological polar surface area (TPSA) is 130 Å². The monoisotopic (exact) mass is 646 g/mol. The number of amides is 2. The Hall–Kier alpha value is -5.10. The predicted octanol–water partition coefficient (Wildman–Crippen LogP) is 5.48. The molecule has 4 aromatic rings. The lowest BCUT2D eigenvalue weighted by atomic mass is 10.0. The number of carbonyl (C=O) groups is 2. The van der Waals surface area contributed by atoms with Crippen molar-refractivity contribution in [3.63, 3.8) is 0 Å². The van der Waals surface area contributed by atoms with Gasteiger partial charge in [0.05, 0.1) is 15.5 Å². The van der Waals surface area contributed by atoms with Crippen molar-refractivity contribution in [3.05, 3.63) is 136 Å². The lowest BCUT2D eigenvalue weighted by Gasteiger charge is -2.35. The van der Waals surface area contributed by atoms with E-state index in [1.807, 2.05) is 0 Å². The number of anilines is 1. The molecule has 4 rings (SSSR count). The summed E-state index contributed by atoms with van der Waals surface area (Å²) >= 11 is 0. The smallest absolute Gasteiger partial charge is 0.271 e. The van der Waals surface area contributed by atoms with E-state index in [1.54, 1.807) is 63.2 Å². The van der Waals surface area contributed by atoms with Crippen molar-refractivity contribution >= 4 is 33.2 Å². The van der Waals surface area contributed by atoms with E-state index in [0.717, 1.165) is 20.8 Å². The summed E-state index contributed by atoms with van der Waals surface area (Å²) in [5, 5.41) is 14.5. The zero-order valence-corrected chi connectivity index (χ0v) is 26.5. The minimum Gasteiger partial charge on any atom is -0.350 e. The molecule has 1 atom stereocenters. The van der Waals surface area contributed by atoms with Gasteiger partial charge in [-0.3, -0.25) is 24.0 Å². The number of nitro benzene ring substituents is 1. The van der Waals surface area contributed by atoms with Gasteiger partial charge in [0.25, 0.3) is 15.7 Å². The highest BCUT2D eigenvalue weighted by atomic mass is 32.2. The molecular formula is C34H35FN4O6S. The Morgan fingerprint density at radius 3 is 2.11 bits per heavy atom. The maximum atomic E-state index is 15.0. The van der Waals surface area contributed by atoms with Gasteiger partial charge < -0.3 is 10.2 Å². The van der Waals surface area contributed by atoms with E-state index in [4.69, 9.17) is 0 Å². The number of nitrogens with one attached hydrogen (secondary N) is 1. The van der Waals surface area contributed by atoms with Crippen molar-refractivity contribution in [3.8, 4) is 0 Å². The number of carbonyl (C=O) groups excluding carboxylic acids is 2. The van der Waals surface area contributed by atoms with Crippen molar-refractivity contribution in [1.82, 2.24) is 10.2 Å². The third-order valence-corrected chi connectivity index (χ3v) is 8.79. The van der Waals surface area contributed by atoms with E-state index < -0.39 is 50.7 Å². The quantitative estimate of drug-likeness (QED) is 0.160. The number of rotatable bonds is 12. The van der Waals surface area contributed by atoms with Gasteiger partial charge in [-0.1, -0.05) is 72.8 Å². The number of halogens is 1. The average Bonchev–Trinajstić information content (AvgIpc) is 3.02. The SMILES string of the molecule is CC(C)(C)NC(=O)[C@@H](Cc1ccccc1)N(Cc1ccccc1F)C(=O)CN(c1cccc([N+](=O)[O-])c1)S(=O)(=O)c1ccccc1. The molecule has 4 aromatic carbocycles. The van der Waals surface area contributed by atoms with Crippen LogP contribution in [-0.2, 0) is 32.6 Å². The van der Waals surface area contributed by atoms with Gasteiger partial charge in [-0.25, -0.2) is 12.8 Å². The number of benzene rings is 4. The molecule has 0 radical (unpaired) electrons. The van der Waals surface area contributed by atoms with E-state index in [0.29, 0.717) is 0 Å². The molecule has 0 bridgehead atoms. The molecule has 0 fully saturated rings. The molecule has 2 amide bonds. The van der Waals surface area contributed by atoms with Crippen LogP contribution >= 0.6 is 0 Å². The van der Waals surface area contributed by atoms with E-state index in [-0.39, 0.29) is 34.8 Å². The summed E-state index contributed by atoms with van der Waals surface area (Å²) in [6.45, 7) is 4.16. The number of sulfonamides is 1. The predicted molar refractivity (Wildman–Crippen MR) is 173 cm³/mol. The Bertz CT molecular complexity index is 1800. The maximum Gasteiger partial charge on any atom is 0.271 e.